The lowest BCUT2D eigenvalue weighted by Crippen LogP contribution is -2.58. The highest BCUT2D eigenvalue weighted by Crippen LogP contribution is 2.22. The van der Waals surface area contributed by atoms with Gasteiger partial charge in [-0.15, -0.1) is 0 Å². The molecule has 5 nitrogen and oxygen atoms in total. The zero-order valence-electron chi connectivity index (χ0n) is 14.0. The van der Waals surface area contributed by atoms with E-state index in [4.69, 9.17) is 0 Å². The van der Waals surface area contributed by atoms with Crippen molar-refractivity contribution in [2.24, 2.45) is 0 Å². The predicted octanol–water partition coefficient (Wildman–Crippen LogP) is 2.38. The number of piperazine rings is 1. The van der Waals surface area contributed by atoms with Gasteiger partial charge >= 0.3 is 0 Å². The number of aromatic nitrogens is 1. The van der Waals surface area contributed by atoms with Crippen LogP contribution in [0.4, 0.5) is 4.39 Å². The monoisotopic (exact) mass is 351 g/mol. The quantitative estimate of drug-likeness (QED) is 0.758. The average molecular weight is 351 g/mol. The molecule has 1 fully saturated rings. The Hall–Kier alpha value is -3.15. The first-order chi connectivity index (χ1) is 12.6. The number of amides is 2. The standard InChI is InChI=1S/C20H18FN3O2/c21-15-7-5-13(6-8-15)12-24-18(20(26)23-11-19(24)25)9-14-10-22-17-4-2-1-3-16(14)17/h1-8,10,18,22H,9,11-12H2,(H,23,26)/t18-/m0/s1. The summed E-state index contributed by atoms with van der Waals surface area (Å²) < 4.78 is 13.1. The third kappa shape index (κ3) is 3.06. The summed E-state index contributed by atoms with van der Waals surface area (Å²) in [5.74, 6) is -0.637. The molecule has 1 saturated heterocycles. The minimum Gasteiger partial charge on any atom is -0.361 e. The molecule has 2 heterocycles. The molecule has 1 atom stereocenters. The van der Waals surface area contributed by atoms with Crippen molar-refractivity contribution in [2.45, 2.75) is 19.0 Å². The molecule has 0 saturated carbocycles. The fourth-order valence-electron chi connectivity index (χ4n) is 3.39. The zero-order chi connectivity index (χ0) is 18.1. The molecule has 2 N–H and O–H groups in total. The van der Waals surface area contributed by atoms with Crippen molar-refractivity contribution in [2.75, 3.05) is 6.54 Å². The molecule has 2 amide bonds. The second kappa shape index (κ2) is 6.63. The van der Waals surface area contributed by atoms with Crippen LogP contribution in [0.3, 0.4) is 0 Å². The van der Waals surface area contributed by atoms with Crippen LogP contribution < -0.4 is 5.32 Å². The number of halogens is 1. The molecule has 2 aromatic carbocycles. The van der Waals surface area contributed by atoms with E-state index in [2.05, 4.69) is 10.3 Å². The molecule has 6 heteroatoms. The van der Waals surface area contributed by atoms with Gasteiger partial charge in [0.2, 0.25) is 11.8 Å². The molecule has 1 aliphatic heterocycles. The molecule has 0 bridgehead atoms. The van der Waals surface area contributed by atoms with Crippen molar-refractivity contribution >= 4 is 22.7 Å². The Balaban J connectivity index is 1.63. The number of H-pyrrole nitrogens is 1. The maximum atomic E-state index is 13.1. The van der Waals surface area contributed by atoms with Gasteiger partial charge in [-0.25, -0.2) is 4.39 Å². The summed E-state index contributed by atoms with van der Waals surface area (Å²) in [5.41, 5.74) is 2.77. The number of nitrogens with one attached hydrogen (secondary N) is 2. The van der Waals surface area contributed by atoms with Gasteiger partial charge in [-0.3, -0.25) is 9.59 Å². The smallest absolute Gasteiger partial charge is 0.243 e. The van der Waals surface area contributed by atoms with E-state index >= 15 is 0 Å². The third-order valence-corrected chi connectivity index (χ3v) is 4.77. The van der Waals surface area contributed by atoms with E-state index in [-0.39, 0.29) is 30.7 Å². The number of fused-ring (bicyclic) bond motifs is 1. The molecule has 132 valence electrons. The molecule has 0 aliphatic carbocycles. The summed E-state index contributed by atoms with van der Waals surface area (Å²) in [4.78, 5) is 29.7. The van der Waals surface area contributed by atoms with Crippen LogP contribution in [-0.4, -0.2) is 34.3 Å². The zero-order valence-corrected chi connectivity index (χ0v) is 14.0. The van der Waals surface area contributed by atoms with Gasteiger partial charge < -0.3 is 15.2 Å². The molecule has 0 unspecified atom stereocenters. The molecular formula is C20H18FN3O2. The summed E-state index contributed by atoms with van der Waals surface area (Å²) in [6.07, 6.45) is 2.30. The van der Waals surface area contributed by atoms with Crippen LogP contribution in [0.25, 0.3) is 10.9 Å². The van der Waals surface area contributed by atoms with Crippen molar-refractivity contribution in [1.82, 2.24) is 15.2 Å². The van der Waals surface area contributed by atoms with E-state index < -0.39 is 6.04 Å². The summed E-state index contributed by atoms with van der Waals surface area (Å²) in [6.45, 7) is 0.268. The number of aromatic amines is 1. The Labute approximate surface area is 149 Å². The van der Waals surface area contributed by atoms with E-state index in [0.29, 0.717) is 6.42 Å². The SMILES string of the molecule is O=C1NCC(=O)N(Cc2ccc(F)cc2)[C@H]1Cc1c[nH]c2ccccc12. The minimum absolute atomic E-state index is 0.00951. The molecule has 0 radical (unpaired) electrons. The summed E-state index contributed by atoms with van der Waals surface area (Å²) in [6, 6.07) is 13.3. The van der Waals surface area contributed by atoms with Gasteiger partial charge in [0.25, 0.3) is 0 Å². The molecule has 1 aliphatic rings. The van der Waals surface area contributed by atoms with E-state index in [1.54, 1.807) is 17.0 Å². The first kappa shape index (κ1) is 16.3. The van der Waals surface area contributed by atoms with Crippen LogP contribution in [0.15, 0.2) is 54.7 Å². The number of rotatable bonds is 4. The van der Waals surface area contributed by atoms with Gasteiger partial charge in [0.15, 0.2) is 0 Å². The summed E-state index contributed by atoms with van der Waals surface area (Å²) in [5, 5.41) is 3.71. The topological polar surface area (TPSA) is 65.2 Å². The van der Waals surface area contributed by atoms with Crippen LogP contribution in [0, 0.1) is 5.82 Å². The number of benzene rings is 2. The van der Waals surface area contributed by atoms with Crippen LogP contribution >= 0.6 is 0 Å². The van der Waals surface area contributed by atoms with Gasteiger partial charge in [-0.1, -0.05) is 30.3 Å². The third-order valence-electron chi connectivity index (χ3n) is 4.77. The van der Waals surface area contributed by atoms with E-state index in [9.17, 15) is 14.0 Å². The molecular weight excluding hydrogens is 333 g/mol. The summed E-state index contributed by atoms with van der Waals surface area (Å²) in [7, 11) is 0. The lowest BCUT2D eigenvalue weighted by Gasteiger charge is -2.35. The van der Waals surface area contributed by atoms with Gasteiger partial charge in [0.05, 0.1) is 6.54 Å². The van der Waals surface area contributed by atoms with Gasteiger partial charge in [-0.05, 0) is 29.3 Å². The van der Waals surface area contributed by atoms with Crippen molar-refractivity contribution < 1.29 is 14.0 Å². The molecule has 1 aromatic heterocycles. The molecule has 26 heavy (non-hydrogen) atoms. The van der Waals surface area contributed by atoms with Gasteiger partial charge in [0, 0.05) is 30.1 Å². The van der Waals surface area contributed by atoms with Gasteiger partial charge in [0.1, 0.15) is 11.9 Å². The lowest BCUT2D eigenvalue weighted by molar-refractivity contribution is -0.146. The van der Waals surface area contributed by atoms with E-state index in [1.807, 2.05) is 30.5 Å². The number of hydrogen-bond acceptors (Lipinski definition) is 2. The fraction of sp³-hybridized carbons (Fsp3) is 0.200. The maximum absolute atomic E-state index is 13.1. The normalized spacial score (nSPS) is 17.6. The Kier molecular flexibility index (Phi) is 4.16. The first-order valence-electron chi connectivity index (χ1n) is 8.48. The molecule has 0 spiro atoms. The highest BCUT2D eigenvalue weighted by molar-refractivity contribution is 5.95. The van der Waals surface area contributed by atoms with Gasteiger partial charge in [-0.2, -0.15) is 0 Å². The minimum atomic E-state index is -0.597. The maximum Gasteiger partial charge on any atom is 0.243 e. The van der Waals surface area contributed by atoms with Crippen molar-refractivity contribution in [1.29, 1.82) is 0 Å². The highest BCUT2D eigenvalue weighted by atomic mass is 19.1. The Bertz CT molecular complexity index is 965. The highest BCUT2D eigenvalue weighted by Gasteiger charge is 2.34. The lowest BCUT2D eigenvalue weighted by atomic mass is 10.0. The second-order valence-corrected chi connectivity index (χ2v) is 6.45. The largest absolute Gasteiger partial charge is 0.361 e. The Morgan fingerprint density at radius 2 is 1.85 bits per heavy atom. The molecule has 4 rings (SSSR count). The summed E-state index contributed by atoms with van der Waals surface area (Å²) >= 11 is 0. The van der Waals surface area contributed by atoms with Crippen LogP contribution in [0.5, 0.6) is 0 Å². The van der Waals surface area contributed by atoms with Crippen LogP contribution in [-0.2, 0) is 22.6 Å². The van der Waals surface area contributed by atoms with Crippen molar-refractivity contribution in [3.63, 3.8) is 0 Å². The van der Waals surface area contributed by atoms with Crippen molar-refractivity contribution in [3.05, 3.63) is 71.7 Å². The Morgan fingerprint density at radius 3 is 2.65 bits per heavy atom. The molecule has 3 aromatic rings. The average Bonchev–Trinajstić information content (AvgIpc) is 3.06. The van der Waals surface area contributed by atoms with Crippen LogP contribution in [0.2, 0.25) is 0 Å². The fourth-order valence-corrected chi connectivity index (χ4v) is 3.39. The van der Waals surface area contributed by atoms with Crippen molar-refractivity contribution in [3.8, 4) is 0 Å². The van der Waals surface area contributed by atoms with E-state index in [0.717, 1.165) is 22.0 Å². The number of para-hydroxylation sites is 1. The second-order valence-electron chi connectivity index (χ2n) is 6.45. The number of hydrogen-bond donors (Lipinski definition) is 2. The number of carbonyl (C=O) groups excluding carboxylic acids is 2. The van der Waals surface area contributed by atoms with Crippen LogP contribution in [0.1, 0.15) is 11.1 Å². The Morgan fingerprint density at radius 1 is 1.08 bits per heavy atom. The predicted molar refractivity (Wildman–Crippen MR) is 95.8 cm³/mol. The number of nitrogens with zero attached hydrogens (tertiary/aromatic N) is 1. The van der Waals surface area contributed by atoms with E-state index in [1.165, 1.54) is 12.1 Å². The first-order valence-corrected chi connectivity index (χ1v) is 8.48. The number of carbonyl (C=O) groups is 2.